The number of fused-ring (bicyclic) bond motifs is 1. The number of pyridine rings is 1. The number of aromatic nitrogens is 1. The largest absolute Gasteiger partial charge is 0.491 e. The molecule has 1 aromatic heterocycles. The van der Waals surface area contributed by atoms with E-state index in [1.165, 1.54) is 19.2 Å². The number of benzene rings is 1. The van der Waals surface area contributed by atoms with E-state index < -0.39 is 23.6 Å². The molecule has 1 aliphatic heterocycles. The quantitative estimate of drug-likeness (QED) is 0.944. The van der Waals surface area contributed by atoms with E-state index in [0.717, 1.165) is 12.3 Å². The number of methoxy groups -OCH3 is 1. The molecule has 0 saturated heterocycles. The Morgan fingerprint density at radius 2 is 2.18 bits per heavy atom. The molecule has 0 fully saturated rings. The van der Waals surface area contributed by atoms with E-state index in [0.29, 0.717) is 11.3 Å². The first-order valence-electron chi connectivity index (χ1n) is 6.51. The monoisotopic (exact) mass is 306 g/mol. The molecule has 5 nitrogen and oxygen atoms in total. The Hall–Kier alpha value is -2.70. The van der Waals surface area contributed by atoms with Crippen LogP contribution in [0.2, 0.25) is 0 Å². The summed E-state index contributed by atoms with van der Waals surface area (Å²) in [7, 11) is 1.34. The van der Waals surface area contributed by atoms with Crippen LogP contribution in [0.25, 0.3) is 0 Å². The standard InChI is InChI=1S/C15H12F2N2O3/c1-21-15-11(4-9(17)6-18-15)14(20)19-12-7-22-13-5-8(16)2-3-10(12)13/h2-6,12H,7H2,1H3,(H,19,20). The van der Waals surface area contributed by atoms with Gasteiger partial charge in [0, 0.05) is 11.6 Å². The lowest BCUT2D eigenvalue weighted by Gasteiger charge is -2.13. The minimum atomic E-state index is -0.643. The van der Waals surface area contributed by atoms with E-state index >= 15 is 0 Å². The first-order valence-corrected chi connectivity index (χ1v) is 6.51. The summed E-state index contributed by atoms with van der Waals surface area (Å²) >= 11 is 0. The maximum Gasteiger partial charge on any atom is 0.257 e. The Bertz CT molecular complexity index is 737. The first kappa shape index (κ1) is 14.2. The van der Waals surface area contributed by atoms with Crippen LogP contribution < -0.4 is 14.8 Å². The number of carbonyl (C=O) groups excluding carboxylic acids is 1. The second-order valence-electron chi connectivity index (χ2n) is 4.73. The normalized spacial score (nSPS) is 15.9. The number of ether oxygens (including phenoxy) is 2. The predicted octanol–water partition coefficient (Wildman–Crippen LogP) is 2.23. The molecule has 3 rings (SSSR count). The molecule has 0 spiro atoms. The van der Waals surface area contributed by atoms with E-state index in [4.69, 9.17) is 9.47 Å². The van der Waals surface area contributed by atoms with Gasteiger partial charge in [-0.2, -0.15) is 0 Å². The molecular formula is C15H12F2N2O3. The zero-order valence-corrected chi connectivity index (χ0v) is 11.6. The summed E-state index contributed by atoms with van der Waals surface area (Å²) in [4.78, 5) is 16.0. The molecule has 0 radical (unpaired) electrons. The number of amides is 1. The second kappa shape index (κ2) is 5.59. The fourth-order valence-corrected chi connectivity index (χ4v) is 2.29. The lowest BCUT2D eigenvalue weighted by molar-refractivity contribution is 0.0926. The number of carbonyl (C=O) groups is 1. The van der Waals surface area contributed by atoms with Gasteiger partial charge in [-0.3, -0.25) is 4.79 Å². The SMILES string of the molecule is COc1ncc(F)cc1C(=O)NC1COc2cc(F)ccc21. The molecular weight excluding hydrogens is 294 g/mol. The summed E-state index contributed by atoms with van der Waals surface area (Å²) in [6.45, 7) is 0.176. The van der Waals surface area contributed by atoms with Gasteiger partial charge in [-0.1, -0.05) is 6.07 Å². The van der Waals surface area contributed by atoms with Gasteiger partial charge in [-0.05, 0) is 12.1 Å². The lowest BCUT2D eigenvalue weighted by atomic mass is 10.1. The molecule has 0 aliphatic carbocycles. The molecule has 22 heavy (non-hydrogen) atoms. The van der Waals surface area contributed by atoms with Gasteiger partial charge in [0.25, 0.3) is 5.91 Å². The lowest BCUT2D eigenvalue weighted by Crippen LogP contribution is -2.30. The number of hydrogen-bond acceptors (Lipinski definition) is 4. The molecule has 1 unspecified atom stereocenters. The fourth-order valence-electron chi connectivity index (χ4n) is 2.29. The highest BCUT2D eigenvalue weighted by atomic mass is 19.1. The van der Waals surface area contributed by atoms with Crippen molar-refractivity contribution in [2.45, 2.75) is 6.04 Å². The van der Waals surface area contributed by atoms with Crippen LogP contribution in [0.3, 0.4) is 0 Å². The summed E-state index contributed by atoms with van der Waals surface area (Å²) in [5.41, 5.74) is 0.649. The topological polar surface area (TPSA) is 60.5 Å². The fraction of sp³-hybridized carbons (Fsp3) is 0.200. The van der Waals surface area contributed by atoms with Crippen molar-refractivity contribution in [3.05, 3.63) is 53.2 Å². The molecule has 7 heteroatoms. The minimum Gasteiger partial charge on any atom is -0.491 e. The Kier molecular flexibility index (Phi) is 3.62. The average Bonchev–Trinajstić information content (AvgIpc) is 2.89. The van der Waals surface area contributed by atoms with Crippen LogP contribution in [-0.2, 0) is 0 Å². The number of rotatable bonds is 3. The highest BCUT2D eigenvalue weighted by Gasteiger charge is 2.27. The Labute approximate surface area is 124 Å². The summed E-state index contributed by atoms with van der Waals surface area (Å²) in [5.74, 6) is -1.20. The maximum atomic E-state index is 13.3. The van der Waals surface area contributed by atoms with Crippen molar-refractivity contribution in [2.75, 3.05) is 13.7 Å². The van der Waals surface area contributed by atoms with Crippen molar-refractivity contribution in [3.63, 3.8) is 0 Å². The van der Waals surface area contributed by atoms with Crippen LogP contribution >= 0.6 is 0 Å². The molecule has 114 valence electrons. The Balaban J connectivity index is 1.83. The van der Waals surface area contributed by atoms with Gasteiger partial charge in [0.1, 0.15) is 29.6 Å². The maximum absolute atomic E-state index is 13.3. The van der Waals surface area contributed by atoms with Crippen LogP contribution in [0.5, 0.6) is 11.6 Å². The van der Waals surface area contributed by atoms with E-state index in [1.54, 1.807) is 6.07 Å². The van der Waals surface area contributed by atoms with E-state index in [1.807, 2.05) is 0 Å². The first-order chi connectivity index (χ1) is 10.6. The van der Waals surface area contributed by atoms with Crippen LogP contribution in [0, 0.1) is 11.6 Å². The molecule has 1 amide bonds. The van der Waals surface area contributed by atoms with Gasteiger partial charge < -0.3 is 14.8 Å². The third-order valence-electron chi connectivity index (χ3n) is 3.32. The van der Waals surface area contributed by atoms with E-state index in [2.05, 4.69) is 10.3 Å². The van der Waals surface area contributed by atoms with Crippen molar-refractivity contribution in [3.8, 4) is 11.6 Å². The van der Waals surface area contributed by atoms with Crippen LogP contribution in [0.1, 0.15) is 22.0 Å². The van der Waals surface area contributed by atoms with Crippen molar-refractivity contribution in [2.24, 2.45) is 0 Å². The molecule has 0 saturated carbocycles. The molecule has 0 bridgehead atoms. The molecule has 1 aromatic carbocycles. The zero-order chi connectivity index (χ0) is 15.7. The summed E-state index contributed by atoms with van der Waals surface area (Å²) in [6, 6.07) is 4.69. The molecule has 1 aliphatic rings. The van der Waals surface area contributed by atoms with Crippen molar-refractivity contribution in [1.29, 1.82) is 0 Å². The Morgan fingerprint density at radius 3 is 2.95 bits per heavy atom. The second-order valence-corrected chi connectivity index (χ2v) is 4.73. The van der Waals surface area contributed by atoms with E-state index in [9.17, 15) is 13.6 Å². The van der Waals surface area contributed by atoms with Gasteiger partial charge in [-0.15, -0.1) is 0 Å². The highest BCUT2D eigenvalue weighted by Crippen LogP contribution is 2.33. The summed E-state index contributed by atoms with van der Waals surface area (Å²) in [5, 5.41) is 2.70. The van der Waals surface area contributed by atoms with Crippen LogP contribution in [0.15, 0.2) is 30.5 Å². The number of halogens is 2. The average molecular weight is 306 g/mol. The molecule has 1 atom stereocenters. The van der Waals surface area contributed by atoms with E-state index in [-0.39, 0.29) is 18.1 Å². The van der Waals surface area contributed by atoms with Gasteiger partial charge in [0.2, 0.25) is 5.88 Å². The van der Waals surface area contributed by atoms with Gasteiger partial charge in [0.05, 0.1) is 19.3 Å². The minimum absolute atomic E-state index is 0.0157. The van der Waals surface area contributed by atoms with Crippen LogP contribution in [0.4, 0.5) is 8.78 Å². The third kappa shape index (κ3) is 2.57. The van der Waals surface area contributed by atoms with Crippen molar-refractivity contribution < 1.29 is 23.0 Å². The Morgan fingerprint density at radius 1 is 1.36 bits per heavy atom. The predicted molar refractivity (Wildman–Crippen MR) is 72.8 cm³/mol. The van der Waals surface area contributed by atoms with Crippen molar-refractivity contribution in [1.82, 2.24) is 10.3 Å². The summed E-state index contributed by atoms with van der Waals surface area (Å²) in [6.07, 6.45) is 0.965. The van der Waals surface area contributed by atoms with Gasteiger partial charge in [-0.25, -0.2) is 13.8 Å². The summed E-state index contributed by atoms with van der Waals surface area (Å²) < 4.78 is 36.7. The highest BCUT2D eigenvalue weighted by molar-refractivity contribution is 5.96. The smallest absolute Gasteiger partial charge is 0.257 e. The molecule has 2 heterocycles. The van der Waals surface area contributed by atoms with Crippen molar-refractivity contribution >= 4 is 5.91 Å². The number of nitrogens with zero attached hydrogens (tertiary/aromatic N) is 1. The van der Waals surface area contributed by atoms with Crippen LogP contribution in [-0.4, -0.2) is 24.6 Å². The van der Waals surface area contributed by atoms with Gasteiger partial charge in [0.15, 0.2) is 0 Å². The van der Waals surface area contributed by atoms with Gasteiger partial charge >= 0.3 is 0 Å². The molecule has 1 N–H and O–H groups in total. The molecule has 2 aromatic rings. The number of hydrogen-bond donors (Lipinski definition) is 1. The number of nitrogens with one attached hydrogen (secondary N) is 1. The zero-order valence-electron chi connectivity index (χ0n) is 11.6. The third-order valence-corrected chi connectivity index (χ3v) is 3.32.